The molecule has 0 aliphatic heterocycles. The molecule has 1 aromatic rings. The van der Waals surface area contributed by atoms with E-state index in [4.69, 9.17) is 10.8 Å². The van der Waals surface area contributed by atoms with Gasteiger partial charge in [0, 0.05) is 5.56 Å². The zero-order valence-electron chi connectivity index (χ0n) is 8.93. The van der Waals surface area contributed by atoms with Gasteiger partial charge in [0.05, 0.1) is 11.6 Å². The summed E-state index contributed by atoms with van der Waals surface area (Å²) in [6.07, 6.45) is 3.65. The molecule has 1 heterocycles. The van der Waals surface area contributed by atoms with Gasteiger partial charge >= 0.3 is 5.97 Å². The Morgan fingerprint density at radius 3 is 2.94 bits per heavy atom. The third-order valence-corrected chi connectivity index (χ3v) is 3.36. The topological polar surface area (TPSA) is 89.1 Å². The highest BCUT2D eigenvalue weighted by atomic mass is 32.2. The molecule has 0 spiro atoms. The lowest BCUT2D eigenvalue weighted by Gasteiger charge is -2.21. The Kier molecular flexibility index (Phi) is 3.00. The molecule has 0 aromatic carbocycles. The number of anilines is 1. The number of fused-ring (bicyclic) bond motifs is 1. The molecule has 1 unspecified atom stereocenters. The van der Waals surface area contributed by atoms with E-state index in [1.54, 1.807) is 0 Å². The molecular formula is C10H13N3O2S. The molecular weight excluding hydrogens is 226 g/mol. The van der Waals surface area contributed by atoms with Crippen LogP contribution >= 0.6 is 11.8 Å². The predicted molar refractivity (Wildman–Crippen MR) is 61.4 cm³/mol. The first kappa shape index (κ1) is 11.2. The third-order valence-electron chi connectivity index (χ3n) is 2.82. The van der Waals surface area contributed by atoms with Crippen LogP contribution in [0.3, 0.4) is 0 Å². The van der Waals surface area contributed by atoms with Crippen LogP contribution in [0.15, 0.2) is 5.16 Å². The largest absolute Gasteiger partial charge is 0.481 e. The van der Waals surface area contributed by atoms with Gasteiger partial charge in [-0.15, -0.1) is 0 Å². The SMILES string of the molecule is CSc1nc(N)c2c(n1)CCC(C(=O)O)C2. The van der Waals surface area contributed by atoms with E-state index in [0.717, 1.165) is 11.3 Å². The molecule has 0 amide bonds. The van der Waals surface area contributed by atoms with Gasteiger partial charge in [0.2, 0.25) is 0 Å². The smallest absolute Gasteiger partial charge is 0.306 e. The Bertz CT molecular complexity index is 436. The van der Waals surface area contributed by atoms with Gasteiger partial charge in [0.15, 0.2) is 5.16 Å². The van der Waals surface area contributed by atoms with Gasteiger partial charge in [0.25, 0.3) is 0 Å². The summed E-state index contributed by atoms with van der Waals surface area (Å²) in [7, 11) is 0. The monoisotopic (exact) mass is 239 g/mol. The number of nitrogens with zero attached hydrogens (tertiary/aromatic N) is 2. The Morgan fingerprint density at radius 1 is 1.56 bits per heavy atom. The van der Waals surface area contributed by atoms with Gasteiger partial charge in [0.1, 0.15) is 5.82 Å². The minimum atomic E-state index is -0.765. The number of aryl methyl sites for hydroxylation is 1. The summed E-state index contributed by atoms with van der Waals surface area (Å²) in [5.74, 6) is -0.683. The highest BCUT2D eigenvalue weighted by molar-refractivity contribution is 7.98. The number of hydrogen-bond donors (Lipinski definition) is 2. The zero-order valence-corrected chi connectivity index (χ0v) is 9.75. The number of nitrogen functional groups attached to an aromatic ring is 1. The molecule has 0 saturated heterocycles. The fourth-order valence-corrected chi connectivity index (χ4v) is 2.31. The maximum absolute atomic E-state index is 10.9. The average Bonchev–Trinajstić information content (AvgIpc) is 2.28. The standard InChI is InChI=1S/C10H13N3O2S/c1-16-10-12-7-3-2-5(9(14)15)4-6(7)8(11)13-10/h5H,2-4H2,1H3,(H,14,15)(H2,11,12,13). The second-order valence-corrected chi connectivity index (χ2v) is 4.57. The van der Waals surface area contributed by atoms with E-state index in [2.05, 4.69) is 9.97 Å². The molecule has 1 aliphatic rings. The highest BCUT2D eigenvalue weighted by Gasteiger charge is 2.27. The number of nitrogens with two attached hydrogens (primary N) is 1. The summed E-state index contributed by atoms with van der Waals surface area (Å²) in [5.41, 5.74) is 7.55. The number of thioether (sulfide) groups is 1. The van der Waals surface area contributed by atoms with Gasteiger partial charge in [-0.2, -0.15) is 0 Å². The van der Waals surface area contributed by atoms with Crippen molar-refractivity contribution in [2.24, 2.45) is 5.92 Å². The maximum Gasteiger partial charge on any atom is 0.306 e. The van der Waals surface area contributed by atoms with E-state index < -0.39 is 5.97 Å². The number of carbonyl (C=O) groups is 1. The molecule has 0 saturated carbocycles. The lowest BCUT2D eigenvalue weighted by atomic mass is 9.87. The molecule has 86 valence electrons. The van der Waals surface area contributed by atoms with Gasteiger partial charge in [-0.1, -0.05) is 11.8 Å². The first-order valence-corrected chi connectivity index (χ1v) is 6.26. The second-order valence-electron chi connectivity index (χ2n) is 3.80. The maximum atomic E-state index is 10.9. The molecule has 0 bridgehead atoms. The molecule has 16 heavy (non-hydrogen) atoms. The van der Waals surface area contributed by atoms with Crippen molar-refractivity contribution in [2.75, 3.05) is 12.0 Å². The summed E-state index contributed by atoms with van der Waals surface area (Å²) in [5, 5.41) is 9.63. The van der Waals surface area contributed by atoms with E-state index in [1.807, 2.05) is 6.26 Å². The summed E-state index contributed by atoms with van der Waals surface area (Å²) in [4.78, 5) is 19.4. The molecule has 1 aromatic heterocycles. The van der Waals surface area contributed by atoms with Crippen molar-refractivity contribution in [2.45, 2.75) is 24.4 Å². The van der Waals surface area contributed by atoms with Gasteiger partial charge < -0.3 is 10.8 Å². The van der Waals surface area contributed by atoms with Crippen molar-refractivity contribution in [3.8, 4) is 0 Å². The first-order valence-electron chi connectivity index (χ1n) is 5.04. The van der Waals surface area contributed by atoms with E-state index in [1.165, 1.54) is 11.8 Å². The van der Waals surface area contributed by atoms with Gasteiger partial charge in [-0.05, 0) is 25.5 Å². The highest BCUT2D eigenvalue weighted by Crippen LogP contribution is 2.29. The minimum Gasteiger partial charge on any atom is -0.481 e. The quantitative estimate of drug-likeness (QED) is 0.590. The number of aliphatic carboxylic acids is 1. The average molecular weight is 239 g/mol. The lowest BCUT2D eigenvalue weighted by Crippen LogP contribution is -2.24. The van der Waals surface area contributed by atoms with Crippen LogP contribution in [-0.4, -0.2) is 27.3 Å². The fourth-order valence-electron chi connectivity index (χ4n) is 1.92. The Labute approximate surface area is 97.5 Å². The van der Waals surface area contributed by atoms with Crippen LogP contribution in [0, 0.1) is 5.92 Å². The summed E-state index contributed by atoms with van der Waals surface area (Å²) >= 11 is 1.44. The van der Waals surface area contributed by atoms with E-state index in [0.29, 0.717) is 30.2 Å². The summed E-state index contributed by atoms with van der Waals surface area (Å²) in [6.45, 7) is 0. The van der Waals surface area contributed by atoms with Crippen molar-refractivity contribution in [3.05, 3.63) is 11.3 Å². The van der Waals surface area contributed by atoms with Crippen molar-refractivity contribution in [1.82, 2.24) is 9.97 Å². The molecule has 0 fully saturated rings. The number of carboxylic acids is 1. The molecule has 6 heteroatoms. The molecule has 2 rings (SSSR count). The molecule has 5 nitrogen and oxygen atoms in total. The van der Waals surface area contributed by atoms with E-state index in [-0.39, 0.29) is 5.92 Å². The van der Waals surface area contributed by atoms with Gasteiger partial charge in [-0.25, -0.2) is 9.97 Å². The van der Waals surface area contributed by atoms with Crippen LogP contribution in [0.2, 0.25) is 0 Å². The van der Waals surface area contributed by atoms with Crippen LogP contribution in [-0.2, 0) is 17.6 Å². The molecule has 1 atom stereocenters. The van der Waals surface area contributed by atoms with Crippen molar-refractivity contribution < 1.29 is 9.90 Å². The lowest BCUT2D eigenvalue weighted by molar-refractivity contribution is -0.142. The zero-order chi connectivity index (χ0) is 11.7. The fraction of sp³-hybridized carbons (Fsp3) is 0.500. The third kappa shape index (κ3) is 1.97. The second kappa shape index (κ2) is 4.29. The number of carboxylic acid groups (broad SMARTS) is 1. The molecule has 0 radical (unpaired) electrons. The van der Waals surface area contributed by atoms with Crippen LogP contribution in [0.5, 0.6) is 0 Å². The van der Waals surface area contributed by atoms with E-state index in [9.17, 15) is 4.79 Å². The summed E-state index contributed by atoms with van der Waals surface area (Å²) < 4.78 is 0. The van der Waals surface area contributed by atoms with Crippen molar-refractivity contribution in [1.29, 1.82) is 0 Å². The van der Waals surface area contributed by atoms with Crippen LogP contribution in [0.1, 0.15) is 17.7 Å². The Balaban J connectivity index is 2.35. The number of rotatable bonds is 2. The Morgan fingerprint density at radius 2 is 2.31 bits per heavy atom. The number of aromatic nitrogens is 2. The molecule has 3 N–H and O–H groups in total. The van der Waals surface area contributed by atoms with Crippen LogP contribution in [0.4, 0.5) is 5.82 Å². The first-order chi connectivity index (χ1) is 7.61. The number of hydrogen-bond acceptors (Lipinski definition) is 5. The van der Waals surface area contributed by atoms with Crippen molar-refractivity contribution >= 4 is 23.5 Å². The summed E-state index contributed by atoms with van der Waals surface area (Å²) in [6, 6.07) is 0. The van der Waals surface area contributed by atoms with Crippen LogP contribution < -0.4 is 5.73 Å². The van der Waals surface area contributed by atoms with Crippen LogP contribution in [0.25, 0.3) is 0 Å². The van der Waals surface area contributed by atoms with Crippen molar-refractivity contribution in [3.63, 3.8) is 0 Å². The van der Waals surface area contributed by atoms with Gasteiger partial charge in [-0.3, -0.25) is 4.79 Å². The predicted octanol–water partition coefficient (Wildman–Crippen LogP) is 0.970. The minimum absolute atomic E-state index is 0.349. The normalized spacial score (nSPS) is 19.2. The Hall–Kier alpha value is -1.30. The molecule has 1 aliphatic carbocycles. The van der Waals surface area contributed by atoms with E-state index >= 15 is 0 Å².